The van der Waals surface area contributed by atoms with Gasteiger partial charge in [-0.25, -0.2) is 0 Å². The monoisotopic (exact) mass is 410 g/mol. The summed E-state index contributed by atoms with van der Waals surface area (Å²) < 4.78 is 49.8. The smallest absolute Gasteiger partial charge is 0.418 e. The summed E-state index contributed by atoms with van der Waals surface area (Å²) in [6, 6.07) is 11.4. The molecule has 0 fully saturated rings. The Morgan fingerprint density at radius 1 is 1.00 bits per heavy atom. The van der Waals surface area contributed by atoms with Gasteiger partial charge in [0.15, 0.2) is 18.1 Å². The van der Waals surface area contributed by atoms with E-state index in [2.05, 4.69) is 5.32 Å². The first-order valence-electron chi connectivity index (χ1n) is 8.77. The van der Waals surface area contributed by atoms with Crippen molar-refractivity contribution in [2.75, 3.05) is 32.1 Å². The zero-order valence-electron chi connectivity index (χ0n) is 16.0. The van der Waals surface area contributed by atoms with Gasteiger partial charge in [-0.15, -0.1) is 0 Å². The third-order valence-electron chi connectivity index (χ3n) is 3.81. The second kappa shape index (κ2) is 9.81. The Morgan fingerprint density at radius 3 is 2.21 bits per heavy atom. The van der Waals surface area contributed by atoms with Gasteiger partial charge in [-0.3, -0.25) is 9.59 Å². The minimum Gasteiger partial charge on any atom is -0.490 e. The Bertz CT molecular complexity index is 856. The standard InChI is InChI=1S/C20H21F3N2O4/c1-3-28-16-10-6-7-11-17(16)29-13-19(27)25(2)12-18(26)24-15-9-5-4-8-14(15)20(21,22)23/h4-11H,3,12-13H2,1-2H3,(H,24,26). The summed E-state index contributed by atoms with van der Waals surface area (Å²) >= 11 is 0. The molecule has 2 aromatic carbocycles. The molecular formula is C20H21F3N2O4. The first kappa shape index (κ1) is 22.1. The minimum atomic E-state index is -4.60. The highest BCUT2D eigenvalue weighted by molar-refractivity contribution is 5.95. The van der Waals surface area contributed by atoms with Gasteiger partial charge >= 0.3 is 6.18 Å². The van der Waals surface area contributed by atoms with E-state index in [1.165, 1.54) is 19.2 Å². The van der Waals surface area contributed by atoms with Crippen LogP contribution >= 0.6 is 0 Å². The summed E-state index contributed by atoms with van der Waals surface area (Å²) in [7, 11) is 1.36. The fourth-order valence-corrected chi connectivity index (χ4v) is 2.43. The van der Waals surface area contributed by atoms with E-state index in [0.29, 0.717) is 18.1 Å². The van der Waals surface area contributed by atoms with E-state index in [-0.39, 0.29) is 12.3 Å². The summed E-state index contributed by atoms with van der Waals surface area (Å²) in [5.74, 6) is -0.422. The van der Waals surface area contributed by atoms with Gasteiger partial charge in [-0.05, 0) is 31.2 Å². The zero-order chi connectivity index (χ0) is 21.4. The number of anilines is 1. The van der Waals surface area contributed by atoms with Crippen LogP contribution in [0, 0.1) is 0 Å². The molecule has 0 bridgehead atoms. The number of carbonyl (C=O) groups is 2. The van der Waals surface area contributed by atoms with E-state index < -0.39 is 30.1 Å². The summed E-state index contributed by atoms with van der Waals surface area (Å²) in [5, 5.41) is 2.19. The van der Waals surface area contributed by atoms with Gasteiger partial charge in [0.25, 0.3) is 5.91 Å². The van der Waals surface area contributed by atoms with Gasteiger partial charge in [0, 0.05) is 7.05 Å². The van der Waals surface area contributed by atoms with Gasteiger partial charge in [-0.1, -0.05) is 24.3 Å². The molecule has 0 unspecified atom stereocenters. The lowest BCUT2D eigenvalue weighted by atomic mass is 10.1. The maximum atomic E-state index is 13.0. The first-order chi connectivity index (χ1) is 13.7. The Balaban J connectivity index is 1.93. The van der Waals surface area contributed by atoms with Crippen molar-refractivity contribution in [3.8, 4) is 11.5 Å². The second-order valence-electron chi connectivity index (χ2n) is 6.01. The van der Waals surface area contributed by atoms with Crippen LogP contribution in [-0.4, -0.2) is 43.5 Å². The van der Waals surface area contributed by atoms with E-state index >= 15 is 0 Å². The Hall–Kier alpha value is -3.23. The van der Waals surface area contributed by atoms with Crippen LogP contribution < -0.4 is 14.8 Å². The maximum absolute atomic E-state index is 13.0. The van der Waals surface area contributed by atoms with E-state index in [1.807, 2.05) is 6.92 Å². The molecule has 1 N–H and O–H groups in total. The van der Waals surface area contributed by atoms with Crippen molar-refractivity contribution >= 4 is 17.5 Å². The number of halogens is 3. The molecular weight excluding hydrogens is 389 g/mol. The highest BCUT2D eigenvalue weighted by atomic mass is 19.4. The van der Waals surface area contributed by atoms with Gasteiger partial charge in [-0.2, -0.15) is 13.2 Å². The molecule has 0 atom stereocenters. The molecule has 29 heavy (non-hydrogen) atoms. The Kier molecular flexibility index (Phi) is 7.46. The molecule has 6 nitrogen and oxygen atoms in total. The number of alkyl halides is 3. The number of hydrogen-bond acceptors (Lipinski definition) is 4. The second-order valence-corrected chi connectivity index (χ2v) is 6.01. The molecule has 0 aliphatic carbocycles. The lowest BCUT2D eigenvalue weighted by molar-refractivity contribution is -0.137. The van der Waals surface area contributed by atoms with Crippen LogP contribution in [0.1, 0.15) is 12.5 Å². The molecule has 2 amide bonds. The third kappa shape index (κ3) is 6.41. The predicted molar refractivity (Wildman–Crippen MR) is 101 cm³/mol. The van der Waals surface area contributed by atoms with E-state index in [0.717, 1.165) is 17.0 Å². The summed E-state index contributed by atoms with van der Waals surface area (Å²) in [6.07, 6.45) is -4.60. The predicted octanol–water partition coefficient (Wildman–Crippen LogP) is 3.58. The van der Waals surface area contributed by atoms with Crippen molar-refractivity contribution in [3.63, 3.8) is 0 Å². The summed E-state index contributed by atoms with van der Waals surface area (Å²) in [4.78, 5) is 25.4. The van der Waals surface area contributed by atoms with Crippen LogP contribution in [0.2, 0.25) is 0 Å². The average Bonchev–Trinajstić information content (AvgIpc) is 2.66. The number of ether oxygens (including phenoxy) is 2. The number of likely N-dealkylation sites (N-methyl/N-ethyl adjacent to an activating group) is 1. The van der Waals surface area contributed by atoms with Crippen molar-refractivity contribution in [1.82, 2.24) is 4.90 Å². The fraction of sp³-hybridized carbons (Fsp3) is 0.300. The Labute approximate surface area is 166 Å². The molecule has 0 aliphatic rings. The molecule has 0 saturated carbocycles. The van der Waals surface area contributed by atoms with Crippen LogP contribution in [0.25, 0.3) is 0 Å². The number of amides is 2. The van der Waals surface area contributed by atoms with Crippen LogP contribution in [0.5, 0.6) is 11.5 Å². The third-order valence-corrected chi connectivity index (χ3v) is 3.81. The van der Waals surface area contributed by atoms with Crippen LogP contribution in [0.3, 0.4) is 0 Å². The fourth-order valence-electron chi connectivity index (χ4n) is 2.43. The maximum Gasteiger partial charge on any atom is 0.418 e. The highest BCUT2D eigenvalue weighted by Gasteiger charge is 2.33. The zero-order valence-corrected chi connectivity index (χ0v) is 16.0. The summed E-state index contributed by atoms with van der Waals surface area (Å²) in [6.45, 7) is 1.45. The molecule has 0 spiro atoms. The molecule has 0 heterocycles. The topological polar surface area (TPSA) is 67.9 Å². The van der Waals surface area contributed by atoms with Crippen molar-refractivity contribution in [1.29, 1.82) is 0 Å². The van der Waals surface area contributed by atoms with Crippen LogP contribution in [0.4, 0.5) is 18.9 Å². The first-order valence-corrected chi connectivity index (χ1v) is 8.77. The molecule has 2 aromatic rings. The number of carbonyl (C=O) groups excluding carboxylic acids is 2. The molecule has 0 saturated heterocycles. The van der Waals surface area contributed by atoms with Crippen molar-refractivity contribution < 1.29 is 32.2 Å². The number of para-hydroxylation sites is 3. The number of benzene rings is 2. The SMILES string of the molecule is CCOc1ccccc1OCC(=O)N(C)CC(=O)Nc1ccccc1C(F)(F)F. The molecule has 2 rings (SSSR count). The number of nitrogens with zero attached hydrogens (tertiary/aromatic N) is 1. The number of nitrogens with one attached hydrogen (secondary N) is 1. The van der Waals surface area contributed by atoms with Gasteiger partial charge in [0.05, 0.1) is 24.4 Å². The molecule has 156 valence electrons. The molecule has 0 radical (unpaired) electrons. The van der Waals surface area contributed by atoms with Crippen LogP contribution in [-0.2, 0) is 15.8 Å². The van der Waals surface area contributed by atoms with Crippen LogP contribution in [0.15, 0.2) is 48.5 Å². The highest BCUT2D eigenvalue weighted by Crippen LogP contribution is 2.34. The van der Waals surface area contributed by atoms with Gasteiger partial charge in [0.1, 0.15) is 0 Å². The number of hydrogen-bond donors (Lipinski definition) is 1. The molecule has 0 aliphatic heterocycles. The largest absolute Gasteiger partial charge is 0.490 e. The quantitative estimate of drug-likeness (QED) is 0.722. The summed E-state index contributed by atoms with van der Waals surface area (Å²) in [5.41, 5.74) is -1.33. The minimum absolute atomic E-state index is 0.354. The van der Waals surface area contributed by atoms with E-state index in [4.69, 9.17) is 9.47 Å². The normalized spacial score (nSPS) is 10.9. The van der Waals surface area contributed by atoms with Crippen molar-refractivity contribution in [3.05, 3.63) is 54.1 Å². The molecule has 0 aromatic heterocycles. The molecule has 9 heteroatoms. The van der Waals surface area contributed by atoms with Crippen molar-refractivity contribution in [2.45, 2.75) is 13.1 Å². The van der Waals surface area contributed by atoms with E-state index in [9.17, 15) is 22.8 Å². The lowest BCUT2D eigenvalue weighted by Crippen LogP contribution is -2.37. The lowest BCUT2D eigenvalue weighted by Gasteiger charge is -2.19. The van der Waals surface area contributed by atoms with Gasteiger partial charge < -0.3 is 19.7 Å². The van der Waals surface area contributed by atoms with Gasteiger partial charge in [0.2, 0.25) is 5.91 Å². The average molecular weight is 410 g/mol. The Morgan fingerprint density at radius 2 is 1.59 bits per heavy atom. The number of rotatable bonds is 8. The van der Waals surface area contributed by atoms with E-state index in [1.54, 1.807) is 24.3 Å². The van der Waals surface area contributed by atoms with Crippen molar-refractivity contribution in [2.24, 2.45) is 0 Å².